The quantitative estimate of drug-likeness (QED) is 0.0275. The Kier molecular flexibility index (Phi) is 29.1. The van der Waals surface area contributed by atoms with Gasteiger partial charge in [0.1, 0.15) is 36.6 Å². The Morgan fingerprint density at radius 2 is 1.37 bits per heavy atom. The Balaban J connectivity index is 1.35. The van der Waals surface area contributed by atoms with Gasteiger partial charge in [-0.25, -0.2) is 4.79 Å². The highest BCUT2D eigenvalue weighted by molar-refractivity contribution is 5.75. The van der Waals surface area contributed by atoms with Crippen LogP contribution in [0.25, 0.3) is 0 Å². The van der Waals surface area contributed by atoms with Crippen LogP contribution in [0.1, 0.15) is 92.9 Å². The fourth-order valence-corrected chi connectivity index (χ4v) is 9.97. The lowest BCUT2D eigenvalue weighted by Gasteiger charge is -2.48. The summed E-state index contributed by atoms with van der Waals surface area (Å²) in [6.45, 7) is 9.58. The van der Waals surface area contributed by atoms with Gasteiger partial charge in [0.05, 0.1) is 111 Å². The summed E-state index contributed by atoms with van der Waals surface area (Å²) in [6.07, 6.45) is -7.84. The van der Waals surface area contributed by atoms with E-state index in [0.29, 0.717) is 0 Å². The number of nitrogens with one attached hydrogen (secondary N) is 1. The maximum atomic E-state index is 13.7. The van der Waals surface area contributed by atoms with E-state index in [2.05, 4.69) is 5.32 Å². The minimum absolute atomic E-state index is 0.0733. The average Bonchev–Trinajstić information content (AvgIpc) is 3.39. The molecule has 4 aliphatic heterocycles. The lowest BCUT2D eigenvalue weighted by Crippen LogP contribution is -2.67. The number of aliphatic hydroxyl groups is 14. The topological polar surface area (TPSA) is 414 Å². The highest BCUT2D eigenvalue weighted by Crippen LogP contribution is 2.36. The number of amides is 2. The molecule has 4 saturated heterocycles. The highest BCUT2D eigenvalue weighted by Gasteiger charge is 2.51. The number of likely N-dealkylation sites (tertiary alicyclic amines) is 1. The van der Waals surface area contributed by atoms with Gasteiger partial charge in [-0.05, 0) is 47.0 Å². The molecule has 3 unspecified atom stereocenters. The van der Waals surface area contributed by atoms with Crippen molar-refractivity contribution in [2.75, 3.05) is 19.7 Å². The number of nitrogens with two attached hydrogens (primary N) is 1. The van der Waals surface area contributed by atoms with E-state index in [-0.39, 0.29) is 44.7 Å². The molecule has 4 fully saturated rings. The summed E-state index contributed by atoms with van der Waals surface area (Å²) < 4.78 is 34.8. The molecule has 4 aliphatic rings. The van der Waals surface area contributed by atoms with Crippen LogP contribution in [-0.4, -0.2) is 248 Å². The second kappa shape index (κ2) is 33.8. The van der Waals surface area contributed by atoms with Crippen molar-refractivity contribution in [3.8, 4) is 0 Å². The SMILES string of the molecule is C/C=C/C=C/C=C/C=C/[C@H](C)[C@@H](O)[C@@H](C)[C@H](C)OC(=O)C[C@H](O)C[C@H](O)CC[C@@H](O)[C@H](O)C[C@H](O)C[C@]1(O)C[C@H](O)[C@@H](NC(=O)N2CC(O[C@H]3OC(CO)[C@@H](O)C(O)C3O)C2)[C@H](C[C@H](/C=C/C=C/C)O[C@@H]2O[C@H](C)[C@@H](O)[C@H](N)[C@@H]2O)O1. The van der Waals surface area contributed by atoms with Crippen molar-refractivity contribution in [3.63, 3.8) is 0 Å². The number of ether oxygens (including phenoxy) is 6. The zero-order valence-corrected chi connectivity index (χ0v) is 47.1. The standard InChI is InChI=1S/C56H93N3O22/c1-7-9-11-12-13-14-16-17-30(3)47(68)31(4)32(5)76-44(67)23-35(62)21-34(61)19-20-39(64)40(65)22-36(63)25-56(75)26-41(66)46(58-55(74)59-27-38(28-59)79-54-52(73)51(72)49(70)43(29-60)80-54)42(81-56)24-37(18-15-10-8-2)78-53-50(71)45(57)48(69)33(6)77-53/h7-18,30-43,45-54,60-66,68-73,75H,19-29,57H2,1-6H3,(H,58,74)/b9-7+,10-8+,12-11+,14-13+,17-16+,18-15+/t30-,31-,32-,33+,34+,35+,36-,37-,39+,40+,41-,42-,43?,45-,46+,47+,48+,49+,50-,51?,52?,53-,54-,56+/m0/s1. The van der Waals surface area contributed by atoms with Gasteiger partial charge >= 0.3 is 12.0 Å². The van der Waals surface area contributed by atoms with Gasteiger partial charge in [-0.1, -0.05) is 86.8 Å². The smallest absolute Gasteiger partial charge is 0.317 e. The molecular formula is C56H93N3O22. The molecule has 0 aromatic heterocycles. The lowest BCUT2D eigenvalue weighted by molar-refractivity contribution is -0.317. The molecule has 0 saturated carbocycles. The first-order valence-corrected chi connectivity index (χ1v) is 27.9. The first-order valence-electron chi connectivity index (χ1n) is 27.9. The number of urea groups is 1. The molecule has 17 N–H and O–H groups in total. The van der Waals surface area contributed by atoms with E-state index >= 15 is 0 Å². The van der Waals surface area contributed by atoms with E-state index < -0.39 is 191 Å². The number of carbonyl (C=O) groups is 2. The van der Waals surface area contributed by atoms with E-state index in [9.17, 15) is 81.1 Å². The number of esters is 1. The van der Waals surface area contributed by atoms with Gasteiger partial charge in [0, 0.05) is 37.5 Å². The summed E-state index contributed by atoms with van der Waals surface area (Å²) in [5.74, 6) is -3.81. The monoisotopic (exact) mass is 1160 g/mol. The van der Waals surface area contributed by atoms with Crippen molar-refractivity contribution < 1.29 is 110 Å². The molecule has 0 aliphatic carbocycles. The molecule has 0 radical (unpaired) electrons. The van der Waals surface area contributed by atoms with Gasteiger partial charge in [0.25, 0.3) is 0 Å². The molecule has 0 spiro atoms. The number of hydrogen-bond donors (Lipinski definition) is 16. The molecule has 2 amide bonds. The summed E-state index contributed by atoms with van der Waals surface area (Å²) in [4.78, 5) is 27.7. The van der Waals surface area contributed by atoms with Crippen LogP contribution in [0.15, 0.2) is 72.9 Å². The first kappa shape index (κ1) is 69.9. The van der Waals surface area contributed by atoms with E-state index in [1.165, 1.54) is 11.8 Å². The molecule has 0 aromatic rings. The summed E-state index contributed by atoms with van der Waals surface area (Å²) >= 11 is 0. The zero-order valence-electron chi connectivity index (χ0n) is 47.1. The van der Waals surface area contributed by atoms with Crippen molar-refractivity contribution in [3.05, 3.63) is 72.9 Å². The second-order valence-corrected chi connectivity index (χ2v) is 21.9. The number of rotatable bonds is 30. The third-order valence-corrected chi connectivity index (χ3v) is 15.2. The molecular weight excluding hydrogens is 1070 g/mol. The van der Waals surface area contributed by atoms with Crippen molar-refractivity contribution >= 4 is 12.0 Å². The van der Waals surface area contributed by atoms with Crippen LogP contribution in [0.4, 0.5) is 4.79 Å². The Labute approximate surface area is 473 Å². The van der Waals surface area contributed by atoms with Crippen LogP contribution in [-0.2, 0) is 33.2 Å². The first-order chi connectivity index (χ1) is 38.2. The number of aliphatic hydroxyl groups excluding tert-OH is 13. The summed E-state index contributed by atoms with van der Waals surface area (Å²) in [5, 5.41) is 153. The minimum Gasteiger partial charge on any atom is -0.462 e. The average molecular weight is 1160 g/mol. The van der Waals surface area contributed by atoms with Gasteiger partial charge in [0.15, 0.2) is 18.4 Å². The van der Waals surface area contributed by atoms with Crippen LogP contribution in [0.5, 0.6) is 0 Å². The maximum absolute atomic E-state index is 13.7. The largest absolute Gasteiger partial charge is 0.462 e. The van der Waals surface area contributed by atoms with Crippen molar-refractivity contribution in [1.82, 2.24) is 10.2 Å². The predicted octanol–water partition coefficient (Wildman–Crippen LogP) is -1.94. The number of carbonyl (C=O) groups excluding carboxylic acids is 2. The second-order valence-electron chi connectivity index (χ2n) is 21.9. The number of nitrogens with zero attached hydrogens (tertiary/aromatic N) is 1. The maximum Gasteiger partial charge on any atom is 0.317 e. The Morgan fingerprint density at radius 1 is 0.741 bits per heavy atom. The van der Waals surface area contributed by atoms with Crippen LogP contribution in [0.2, 0.25) is 0 Å². The molecule has 0 aromatic carbocycles. The van der Waals surface area contributed by atoms with Gasteiger partial charge in [-0.3, -0.25) is 4.79 Å². The van der Waals surface area contributed by atoms with Gasteiger partial charge in [-0.15, -0.1) is 0 Å². The third kappa shape index (κ3) is 21.4. The van der Waals surface area contributed by atoms with E-state index in [1.807, 2.05) is 62.5 Å². The van der Waals surface area contributed by atoms with Crippen molar-refractivity contribution in [2.24, 2.45) is 17.6 Å². The Bertz CT molecular complexity index is 2060. The molecule has 0 bridgehead atoms. The Morgan fingerprint density at radius 3 is 2.02 bits per heavy atom. The van der Waals surface area contributed by atoms with Crippen molar-refractivity contribution in [1.29, 1.82) is 0 Å². The number of allylic oxidation sites excluding steroid dienone is 10. The summed E-state index contributed by atoms with van der Waals surface area (Å²) in [6, 6.07) is -3.18. The van der Waals surface area contributed by atoms with Gasteiger partial charge in [0.2, 0.25) is 0 Å². The van der Waals surface area contributed by atoms with Gasteiger partial charge in [-0.2, -0.15) is 0 Å². The highest BCUT2D eigenvalue weighted by atomic mass is 16.7. The van der Waals surface area contributed by atoms with Gasteiger partial charge < -0.3 is 116 Å². The molecule has 24 atom stereocenters. The fraction of sp³-hybridized carbons (Fsp3) is 0.750. The summed E-state index contributed by atoms with van der Waals surface area (Å²) in [7, 11) is 0. The van der Waals surface area contributed by atoms with Crippen LogP contribution in [0, 0.1) is 11.8 Å². The molecule has 464 valence electrons. The molecule has 81 heavy (non-hydrogen) atoms. The van der Waals surface area contributed by atoms with E-state index in [4.69, 9.17) is 34.2 Å². The number of hydrogen-bond acceptors (Lipinski definition) is 23. The normalized spacial score (nSPS) is 34.6. The van der Waals surface area contributed by atoms with Crippen LogP contribution < -0.4 is 11.1 Å². The molecule has 4 heterocycles. The fourth-order valence-electron chi connectivity index (χ4n) is 9.97. The Hall–Kier alpha value is -3.62. The van der Waals surface area contributed by atoms with Crippen LogP contribution >= 0.6 is 0 Å². The zero-order chi connectivity index (χ0) is 60.3. The van der Waals surface area contributed by atoms with Crippen LogP contribution in [0.3, 0.4) is 0 Å². The molecule has 25 nitrogen and oxygen atoms in total. The molecule has 25 heteroatoms. The predicted molar refractivity (Wildman–Crippen MR) is 291 cm³/mol. The third-order valence-electron chi connectivity index (χ3n) is 15.2. The van der Waals surface area contributed by atoms with E-state index in [1.54, 1.807) is 45.1 Å². The molecule has 4 rings (SSSR count). The van der Waals surface area contributed by atoms with Crippen molar-refractivity contribution in [2.45, 2.75) is 233 Å². The van der Waals surface area contributed by atoms with E-state index in [0.717, 1.165) is 0 Å². The summed E-state index contributed by atoms with van der Waals surface area (Å²) in [5.41, 5.74) is 6.07. The lowest BCUT2D eigenvalue weighted by atomic mass is 9.87. The minimum atomic E-state index is -2.34.